The van der Waals surface area contributed by atoms with Crippen LogP contribution in [0, 0.1) is 5.92 Å². The largest absolute Gasteiger partial charge is 0.472 e. The van der Waals surface area contributed by atoms with Gasteiger partial charge in [0.2, 0.25) is 0 Å². The van der Waals surface area contributed by atoms with Gasteiger partial charge < -0.3 is 33.8 Å². The van der Waals surface area contributed by atoms with Crippen LogP contribution in [0.25, 0.3) is 0 Å². The van der Waals surface area contributed by atoms with E-state index in [0.29, 0.717) is 25.7 Å². The molecular formula is C72H136O17P2. The van der Waals surface area contributed by atoms with Gasteiger partial charge in [0.1, 0.15) is 19.3 Å². The van der Waals surface area contributed by atoms with Gasteiger partial charge in [-0.2, -0.15) is 0 Å². The van der Waals surface area contributed by atoms with Crippen molar-refractivity contribution in [1.29, 1.82) is 0 Å². The molecule has 0 saturated carbocycles. The van der Waals surface area contributed by atoms with Gasteiger partial charge in [-0.05, 0) is 57.3 Å². The van der Waals surface area contributed by atoms with Gasteiger partial charge in [-0.3, -0.25) is 37.3 Å². The zero-order chi connectivity index (χ0) is 67.0. The first-order valence-electron chi connectivity index (χ1n) is 37.0. The first kappa shape index (κ1) is 88.5. The highest BCUT2D eigenvalue weighted by atomic mass is 31.2. The van der Waals surface area contributed by atoms with Crippen LogP contribution in [0.1, 0.15) is 349 Å². The Morgan fingerprint density at radius 3 is 0.901 bits per heavy atom. The van der Waals surface area contributed by atoms with Crippen molar-refractivity contribution in [3.63, 3.8) is 0 Å². The number of phosphoric ester groups is 2. The monoisotopic (exact) mass is 1330 g/mol. The number of unbranched alkanes of at least 4 members (excludes halogenated alkanes) is 39. The number of ether oxygens (including phenoxy) is 4. The summed E-state index contributed by atoms with van der Waals surface area (Å²) in [4.78, 5) is 72.3. The summed E-state index contributed by atoms with van der Waals surface area (Å²) in [5, 5.41) is 10.6. The number of hydrogen-bond donors (Lipinski definition) is 3. The Hall–Kier alpha value is -2.46. The normalized spacial score (nSPS) is 14.2. The molecule has 0 aliphatic heterocycles. The van der Waals surface area contributed by atoms with E-state index < -0.39 is 97.5 Å². The number of allylic oxidation sites excluding steroid dienone is 4. The van der Waals surface area contributed by atoms with Crippen LogP contribution in [0.4, 0.5) is 0 Å². The maximum absolute atomic E-state index is 13.0. The van der Waals surface area contributed by atoms with E-state index in [2.05, 4.69) is 58.9 Å². The summed E-state index contributed by atoms with van der Waals surface area (Å²) in [6, 6.07) is 0. The zero-order valence-electron chi connectivity index (χ0n) is 58.5. The molecule has 0 amide bonds. The van der Waals surface area contributed by atoms with Crippen LogP contribution in [0.15, 0.2) is 24.3 Å². The molecule has 5 atom stereocenters. The van der Waals surface area contributed by atoms with Crippen LogP contribution in [0.3, 0.4) is 0 Å². The molecule has 17 nitrogen and oxygen atoms in total. The number of hydrogen-bond acceptors (Lipinski definition) is 15. The lowest BCUT2D eigenvalue weighted by Crippen LogP contribution is -2.30. The van der Waals surface area contributed by atoms with Crippen molar-refractivity contribution >= 4 is 39.5 Å². The summed E-state index contributed by atoms with van der Waals surface area (Å²) < 4.78 is 68.1. The summed E-state index contributed by atoms with van der Waals surface area (Å²) in [5.74, 6) is -1.38. The molecule has 0 aromatic carbocycles. The van der Waals surface area contributed by atoms with Gasteiger partial charge in [-0.1, -0.05) is 296 Å². The molecule has 19 heteroatoms. The molecule has 0 saturated heterocycles. The number of esters is 4. The topological polar surface area (TPSA) is 237 Å². The van der Waals surface area contributed by atoms with Gasteiger partial charge in [0.25, 0.3) is 0 Å². The van der Waals surface area contributed by atoms with Gasteiger partial charge in [0, 0.05) is 25.7 Å². The molecule has 0 rings (SSSR count). The van der Waals surface area contributed by atoms with Crippen LogP contribution >= 0.6 is 15.6 Å². The molecule has 0 aromatic rings. The van der Waals surface area contributed by atoms with Crippen LogP contribution in [-0.2, 0) is 65.4 Å². The first-order chi connectivity index (χ1) is 44.0. The van der Waals surface area contributed by atoms with E-state index in [1.54, 1.807) is 0 Å². The van der Waals surface area contributed by atoms with E-state index in [1.165, 1.54) is 148 Å². The molecule has 91 heavy (non-hydrogen) atoms. The highest BCUT2D eigenvalue weighted by Crippen LogP contribution is 2.45. The molecule has 0 bridgehead atoms. The molecule has 0 radical (unpaired) electrons. The lowest BCUT2D eigenvalue weighted by atomic mass is 10.0. The van der Waals surface area contributed by atoms with Crippen molar-refractivity contribution in [2.45, 2.75) is 368 Å². The van der Waals surface area contributed by atoms with E-state index in [-0.39, 0.29) is 25.7 Å². The number of aliphatic hydroxyl groups excluding tert-OH is 1. The van der Waals surface area contributed by atoms with E-state index >= 15 is 0 Å². The molecule has 2 unspecified atom stereocenters. The summed E-state index contributed by atoms with van der Waals surface area (Å²) in [6.07, 6.45) is 55.2. The Kier molecular flexibility index (Phi) is 63.1. The average molecular weight is 1340 g/mol. The third-order valence-electron chi connectivity index (χ3n) is 16.2. The highest BCUT2D eigenvalue weighted by Gasteiger charge is 2.30. The van der Waals surface area contributed by atoms with E-state index in [0.717, 1.165) is 121 Å². The second kappa shape index (κ2) is 64.9. The van der Waals surface area contributed by atoms with E-state index in [4.69, 9.17) is 37.0 Å². The van der Waals surface area contributed by atoms with Crippen molar-refractivity contribution in [2.24, 2.45) is 5.92 Å². The Morgan fingerprint density at radius 1 is 0.341 bits per heavy atom. The lowest BCUT2D eigenvalue weighted by molar-refractivity contribution is -0.161. The smallest absolute Gasteiger partial charge is 0.462 e. The fraction of sp³-hybridized carbons (Fsp3) is 0.889. The van der Waals surface area contributed by atoms with Gasteiger partial charge >= 0.3 is 39.5 Å². The molecule has 3 N–H and O–H groups in total. The minimum absolute atomic E-state index is 0.100. The zero-order valence-corrected chi connectivity index (χ0v) is 60.3. The maximum atomic E-state index is 13.0. The van der Waals surface area contributed by atoms with Gasteiger partial charge in [-0.15, -0.1) is 0 Å². The number of aliphatic hydroxyl groups is 1. The predicted molar refractivity (Wildman–Crippen MR) is 368 cm³/mol. The average Bonchev–Trinajstić information content (AvgIpc) is 3.64. The van der Waals surface area contributed by atoms with Crippen molar-refractivity contribution in [2.75, 3.05) is 39.6 Å². The van der Waals surface area contributed by atoms with Gasteiger partial charge in [0.15, 0.2) is 12.2 Å². The fourth-order valence-corrected chi connectivity index (χ4v) is 12.0. The Balaban J connectivity index is 5.19. The second-order valence-electron chi connectivity index (χ2n) is 25.8. The van der Waals surface area contributed by atoms with Crippen molar-refractivity contribution < 1.29 is 80.2 Å². The predicted octanol–water partition coefficient (Wildman–Crippen LogP) is 20.5. The summed E-state index contributed by atoms with van der Waals surface area (Å²) in [6.45, 7) is 7.13. The highest BCUT2D eigenvalue weighted by molar-refractivity contribution is 7.47. The summed E-state index contributed by atoms with van der Waals surface area (Å²) in [7, 11) is -9.91. The third-order valence-corrected chi connectivity index (χ3v) is 18.1. The summed E-state index contributed by atoms with van der Waals surface area (Å²) in [5.41, 5.74) is 0. The Bertz CT molecular complexity index is 1850. The van der Waals surface area contributed by atoms with Gasteiger partial charge in [0.05, 0.1) is 26.4 Å². The Labute approximate surface area is 554 Å². The first-order valence-corrected chi connectivity index (χ1v) is 39.9. The molecule has 536 valence electrons. The second-order valence-corrected chi connectivity index (χ2v) is 28.7. The molecule has 0 fully saturated rings. The molecule has 0 heterocycles. The SMILES string of the molecule is CCCCCC/C=C\C=C/CCCCCCCC(=O)OC[C@H](COP(=O)(O)OC[C@@H](O)COP(=O)(O)OC[C@@H](COC(=O)CCCCCCC)OC(=O)CCCCCCCCCCCCCCCCC)OC(=O)CCCCCCCCCCCCCCCC(C)C. The summed E-state index contributed by atoms with van der Waals surface area (Å²) >= 11 is 0. The third kappa shape index (κ3) is 66.0. The van der Waals surface area contributed by atoms with Crippen LogP contribution in [0.2, 0.25) is 0 Å². The lowest BCUT2D eigenvalue weighted by Gasteiger charge is -2.21. The molecule has 0 aliphatic rings. The van der Waals surface area contributed by atoms with Crippen LogP contribution in [0.5, 0.6) is 0 Å². The Morgan fingerprint density at radius 2 is 0.593 bits per heavy atom. The molecular weight excluding hydrogens is 1200 g/mol. The quantitative estimate of drug-likeness (QED) is 0.0169. The molecule has 0 aromatic heterocycles. The fourth-order valence-electron chi connectivity index (χ4n) is 10.5. The standard InChI is InChI=1S/C72H136O17P2/c1-6-9-12-15-17-19-21-23-25-29-33-37-41-46-51-56-70(75)83-62-68(89-72(77)58-53-48-43-39-35-31-27-28-32-36-40-45-49-54-65(4)5)64-87-91(80,81)85-60-66(73)59-84-90(78,79)86-63-67(61-82-69(74)55-50-44-14-11-8-3)88-71(76)57-52-47-42-38-34-30-26-24-22-20-18-16-13-10-7-2/h19,21,23,25,65-68,73H,6-18,20,22,24,26-64H2,1-5H3,(H,78,79)(H,80,81)/b21-19-,25-23-/t66-,67+,68+/m0/s1. The van der Waals surface area contributed by atoms with Gasteiger partial charge in [-0.25, -0.2) is 9.13 Å². The number of rotatable bonds is 70. The molecule has 0 spiro atoms. The minimum atomic E-state index is -4.96. The van der Waals surface area contributed by atoms with E-state index in [1.807, 2.05) is 0 Å². The molecule has 0 aliphatic carbocycles. The van der Waals surface area contributed by atoms with Crippen molar-refractivity contribution in [3.05, 3.63) is 24.3 Å². The van der Waals surface area contributed by atoms with Crippen LogP contribution in [-0.4, -0.2) is 96.7 Å². The number of phosphoric acid groups is 2. The van der Waals surface area contributed by atoms with Crippen molar-refractivity contribution in [1.82, 2.24) is 0 Å². The number of carbonyl (C=O) groups is 4. The number of carbonyl (C=O) groups excluding carboxylic acids is 4. The van der Waals surface area contributed by atoms with E-state index in [9.17, 15) is 43.2 Å². The minimum Gasteiger partial charge on any atom is -0.462 e. The maximum Gasteiger partial charge on any atom is 0.472 e. The van der Waals surface area contributed by atoms with Crippen molar-refractivity contribution in [3.8, 4) is 0 Å². The van der Waals surface area contributed by atoms with Crippen LogP contribution < -0.4 is 0 Å².